The van der Waals surface area contributed by atoms with E-state index in [4.69, 9.17) is 16.3 Å². The quantitative estimate of drug-likeness (QED) is 0.383. The van der Waals surface area contributed by atoms with Crippen molar-refractivity contribution in [3.8, 4) is 0 Å². The van der Waals surface area contributed by atoms with Crippen molar-refractivity contribution in [3.05, 3.63) is 64.7 Å². The second-order valence-electron chi connectivity index (χ2n) is 8.12. The van der Waals surface area contributed by atoms with Crippen molar-refractivity contribution in [1.29, 1.82) is 0 Å². The number of anilines is 1. The highest BCUT2D eigenvalue weighted by Crippen LogP contribution is 2.40. The van der Waals surface area contributed by atoms with Crippen molar-refractivity contribution in [1.82, 2.24) is 10.9 Å². The molecule has 176 valence electrons. The van der Waals surface area contributed by atoms with Gasteiger partial charge >= 0.3 is 5.97 Å². The van der Waals surface area contributed by atoms with E-state index in [1.165, 1.54) is 24.3 Å². The van der Waals surface area contributed by atoms with Gasteiger partial charge in [0.25, 0.3) is 11.8 Å². The molecular weight excluding hydrogens is 462 g/mol. The van der Waals surface area contributed by atoms with Gasteiger partial charge in [-0.25, -0.2) is 4.79 Å². The van der Waals surface area contributed by atoms with E-state index in [1.807, 2.05) is 0 Å². The molecule has 0 unspecified atom stereocenters. The van der Waals surface area contributed by atoms with Gasteiger partial charge in [0.15, 0.2) is 6.61 Å². The van der Waals surface area contributed by atoms with Gasteiger partial charge in [0.05, 0.1) is 33.7 Å². The number of amides is 4. The first-order chi connectivity index (χ1) is 16.4. The predicted octanol–water partition coefficient (Wildman–Crippen LogP) is 2.64. The first-order valence-electron chi connectivity index (χ1n) is 10.9. The molecule has 0 radical (unpaired) electrons. The summed E-state index contributed by atoms with van der Waals surface area (Å²) in [5, 5.41) is 0.217. The van der Waals surface area contributed by atoms with E-state index in [0.717, 1.165) is 17.7 Å². The third kappa shape index (κ3) is 4.79. The van der Waals surface area contributed by atoms with Crippen LogP contribution in [0.3, 0.4) is 0 Å². The largest absolute Gasteiger partial charge is 0.452 e. The van der Waals surface area contributed by atoms with Crippen LogP contribution in [-0.4, -0.2) is 36.2 Å². The minimum Gasteiger partial charge on any atom is -0.452 e. The van der Waals surface area contributed by atoms with Crippen LogP contribution in [0.25, 0.3) is 0 Å². The molecule has 1 heterocycles. The SMILES string of the molecule is O=C(COC(=O)c1cccc(N2C(=O)[C@H]3CCCC[C@H]3C2=O)c1)NNC(=O)c1ccccc1Cl. The molecule has 1 saturated heterocycles. The topological polar surface area (TPSA) is 122 Å². The summed E-state index contributed by atoms with van der Waals surface area (Å²) in [5.74, 6) is -3.30. The van der Waals surface area contributed by atoms with Gasteiger partial charge < -0.3 is 4.74 Å². The number of ether oxygens (including phenoxy) is 1. The Bertz CT molecular complexity index is 1140. The number of nitrogens with zero attached hydrogens (tertiary/aromatic N) is 1. The Morgan fingerprint density at radius 3 is 2.29 bits per heavy atom. The second-order valence-corrected chi connectivity index (χ2v) is 8.53. The summed E-state index contributed by atoms with van der Waals surface area (Å²) in [7, 11) is 0. The number of hydrazine groups is 1. The first-order valence-corrected chi connectivity index (χ1v) is 11.2. The van der Waals surface area contributed by atoms with Crippen LogP contribution in [0.2, 0.25) is 5.02 Å². The van der Waals surface area contributed by atoms with Crippen LogP contribution in [0.1, 0.15) is 46.4 Å². The average molecular weight is 484 g/mol. The van der Waals surface area contributed by atoms with Crippen LogP contribution < -0.4 is 15.8 Å². The average Bonchev–Trinajstić information content (AvgIpc) is 3.11. The van der Waals surface area contributed by atoms with E-state index in [0.29, 0.717) is 18.5 Å². The van der Waals surface area contributed by atoms with Gasteiger partial charge in [-0.1, -0.05) is 42.6 Å². The van der Waals surface area contributed by atoms with Crippen molar-refractivity contribution < 1.29 is 28.7 Å². The van der Waals surface area contributed by atoms with Gasteiger partial charge in [0, 0.05) is 0 Å². The van der Waals surface area contributed by atoms with E-state index in [-0.39, 0.29) is 39.8 Å². The predicted molar refractivity (Wildman–Crippen MR) is 122 cm³/mol. The highest BCUT2D eigenvalue weighted by molar-refractivity contribution is 6.33. The minimum absolute atomic E-state index is 0.0841. The molecule has 10 heteroatoms. The van der Waals surface area contributed by atoms with Crippen LogP contribution in [0.15, 0.2) is 48.5 Å². The third-order valence-corrected chi connectivity index (χ3v) is 6.28. The molecule has 2 N–H and O–H groups in total. The Labute approximate surface area is 200 Å². The summed E-state index contributed by atoms with van der Waals surface area (Å²) in [4.78, 5) is 63.2. The molecule has 0 bridgehead atoms. The van der Waals surface area contributed by atoms with Crippen LogP contribution in [0.4, 0.5) is 5.69 Å². The number of halogens is 1. The second kappa shape index (κ2) is 10.0. The third-order valence-electron chi connectivity index (χ3n) is 5.95. The number of fused-ring (bicyclic) bond motifs is 1. The van der Waals surface area contributed by atoms with Gasteiger partial charge in [-0.2, -0.15) is 0 Å². The van der Waals surface area contributed by atoms with Crippen molar-refractivity contribution in [2.75, 3.05) is 11.5 Å². The number of carbonyl (C=O) groups excluding carboxylic acids is 5. The molecule has 34 heavy (non-hydrogen) atoms. The van der Waals surface area contributed by atoms with E-state index in [1.54, 1.807) is 24.3 Å². The lowest BCUT2D eigenvalue weighted by atomic mass is 9.81. The highest BCUT2D eigenvalue weighted by atomic mass is 35.5. The van der Waals surface area contributed by atoms with Crippen LogP contribution in [-0.2, 0) is 19.1 Å². The Morgan fingerprint density at radius 1 is 0.941 bits per heavy atom. The number of nitrogens with one attached hydrogen (secondary N) is 2. The molecule has 2 aliphatic rings. The molecule has 1 saturated carbocycles. The number of imide groups is 1. The normalized spacial score (nSPS) is 19.4. The number of hydrogen-bond acceptors (Lipinski definition) is 6. The van der Waals surface area contributed by atoms with Crippen molar-refractivity contribution >= 4 is 46.9 Å². The summed E-state index contributed by atoms with van der Waals surface area (Å²) in [6.07, 6.45) is 3.22. The van der Waals surface area contributed by atoms with Crippen LogP contribution >= 0.6 is 11.6 Å². The zero-order chi connectivity index (χ0) is 24.2. The lowest BCUT2D eigenvalue weighted by Crippen LogP contribution is -2.43. The van der Waals surface area contributed by atoms with E-state index in [2.05, 4.69) is 10.9 Å². The molecule has 9 nitrogen and oxygen atoms in total. The van der Waals surface area contributed by atoms with Gasteiger partial charge in [-0.3, -0.25) is 34.9 Å². The Morgan fingerprint density at radius 2 is 1.62 bits per heavy atom. The summed E-state index contributed by atoms with van der Waals surface area (Å²) < 4.78 is 5.00. The van der Waals surface area contributed by atoms with Crippen molar-refractivity contribution in [2.45, 2.75) is 25.7 Å². The molecule has 0 spiro atoms. The Kier molecular flexibility index (Phi) is 6.93. The Balaban J connectivity index is 1.33. The van der Waals surface area contributed by atoms with Crippen LogP contribution in [0, 0.1) is 11.8 Å². The summed E-state index contributed by atoms with van der Waals surface area (Å²) in [5.41, 5.74) is 4.88. The zero-order valence-corrected chi connectivity index (χ0v) is 18.8. The number of carbonyl (C=O) groups is 5. The maximum absolute atomic E-state index is 12.8. The fourth-order valence-corrected chi connectivity index (χ4v) is 4.50. The lowest BCUT2D eigenvalue weighted by Gasteiger charge is -2.19. The van der Waals surface area contributed by atoms with Gasteiger partial charge in [-0.15, -0.1) is 0 Å². The van der Waals surface area contributed by atoms with E-state index >= 15 is 0 Å². The molecule has 0 aromatic heterocycles. The lowest BCUT2D eigenvalue weighted by molar-refractivity contribution is -0.125. The summed E-state index contributed by atoms with van der Waals surface area (Å²) in [6.45, 7) is -0.655. The molecule has 4 rings (SSSR count). The molecule has 2 atom stereocenters. The fourth-order valence-electron chi connectivity index (χ4n) is 4.28. The van der Waals surface area contributed by atoms with Crippen molar-refractivity contribution in [2.24, 2.45) is 11.8 Å². The summed E-state index contributed by atoms with van der Waals surface area (Å²) in [6, 6.07) is 12.3. The first kappa shape index (κ1) is 23.4. The molecule has 1 aliphatic carbocycles. The smallest absolute Gasteiger partial charge is 0.338 e. The number of rotatable bonds is 5. The maximum Gasteiger partial charge on any atom is 0.338 e. The number of hydrogen-bond donors (Lipinski definition) is 2. The van der Waals surface area contributed by atoms with Crippen LogP contribution in [0.5, 0.6) is 0 Å². The standard InChI is InChI=1S/C24H22ClN3O6/c25-19-11-4-3-10-18(19)21(30)27-26-20(29)13-34-24(33)14-6-5-7-15(12-14)28-22(31)16-8-1-2-9-17(16)23(28)32/h3-7,10-12,16-17H,1-2,8-9,13H2,(H,26,29)(H,27,30)/t16-,17+. The van der Waals surface area contributed by atoms with Crippen molar-refractivity contribution in [3.63, 3.8) is 0 Å². The van der Waals surface area contributed by atoms with Gasteiger partial charge in [-0.05, 0) is 43.2 Å². The number of benzene rings is 2. The highest BCUT2D eigenvalue weighted by Gasteiger charge is 2.48. The summed E-state index contributed by atoms with van der Waals surface area (Å²) >= 11 is 5.93. The maximum atomic E-state index is 12.8. The molecule has 4 amide bonds. The minimum atomic E-state index is -0.814. The van der Waals surface area contributed by atoms with E-state index in [9.17, 15) is 24.0 Å². The fraction of sp³-hybridized carbons (Fsp3) is 0.292. The molecular formula is C24H22ClN3O6. The molecule has 2 aromatic carbocycles. The van der Waals surface area contributed by atoms with Gasteiger partial charge in [0.2, 0.25) is 11.8 Å². The monoisotopic (exact) mass is 483 g/mol. The Hall–Kier alpha value is -3.72. The molecule has 1 aliphatic heterocycles. The zero-order valence-electron chi connectivity index (χ0n) is 18.1. The van der Waals surface area contributed by atoms with E-state index < -0.39 is 24.4 Å². The number of esters is 1. The molecule has 2 fully saturated rings. The molecule has 2 aromatic rings. The van der Waals surface area contributed by atoms with Gasteiger partial charge in [0.1, 0.15) is 0 Å².